The lowest BCUT2D eigenvalue weighted by atomic mass is 9.86. The van der Waals surface area contributed by atoms with Crippen LogP contribution in [0.3, 0.4) is 0 Å². The van der Waals surface area contributed by atoms with Crippen LogP contribution in [0.1, 0.15) is 35.2 Å². The molecular weight excluding hydrogens is 368 g/mol. The number of benzene rings is 2. The number of ether oxygens (including phenoxy) is 1. The van der Waals surface area contributed by atoms with E-state index in [0.29, 0.717) is 30.5 Å². The van der Waals surface area contributed by atoms with Crippen molar-refractivity contribution in [3.63, 3.8) is 0 Å². The molecule has 2 bridgehead atoms. The fourth-order valence-electron chi connectivity index (χ4n) is 4.67. The number of amides is 1. The van der Waals surface area contributed by atoms with Crippen LogP contribution in [0.25, 0.3) is 11.1 Å². The van der Waals surface area contributed by atoms with Crippen LogP contribution in [0.4, 0.5) is 0 Å². The van der Waals surface area contributed by atoms with Crippen LogP contribution in [-0.2, 0) is 14.4 Å². The van der Waals surface area contributed by atoms with E-state index in [1.807, 2.05) is 36.4 Å². The Morgan fingerprint density at radius 3 is 2.48 bits per heavy atom. The van der Waals surface area contributed by atoms with Gasteiger partial charge in [0.15, 0.2) is 0 Å². The average molecular weight is 392 g/mol. The Labute approximate surface area is 170 Å². The molecule has 2 saturated heterocycles. The van der Waals surface area contributed by atoms with Crippen molar-refractivity contribution in [1.82, 2.24) is 4.90 Å². The molecule has 2 aliphatic heterocycles. The molecule has 2 aliphatic rings. The Hall–Kier alpha value is -3.15. The molecule has 6 nitrogen and oxygen atoms in total. The van der Waals surface area contributed by atoms with Crippen molar-refractivity contribution in [1.29, 1.82) is 0 Å². The highest BCUT2D eigenvalue weighted by Gasteiger charge is 2.62. The summed E-state index contributed by atoms with van der Waals surface area (Å²) in [6, 6.07) is 15.4. The van der Waals surface area contributed by atoms with Gasteiger partial charge in [0.2, 0.25) is 0 Å². The van der Waals surface area contributed by atoms with Gasteiger partial charge in [0, 0.05) is 12.0 Å². The topological polar surface area (TPSA) is 68.2 Å². The van der Waals surface area contributed by atoms with Gasteiger partial charge in [-0.1, -0.05) is 41.6 Å². The number of nitrogens with zero attached hydrogens (tertiary/aromatic N) is 2. The second-order valence-electron chi connectivity index (χ2n) is 7.59. The van der Waals surface area contributed by atoms with Gasteiger partial charge in [-0.2, -0.15) is 0 Å². The normalized spacial score (nSPS) is 24.0. The van der Waals surface area contributed by atoms with Gasteiger partial charge in [0.1, 0.15) is 12.6 Å². The van der Waals surface area contributed by atoms with Gasteiger partial charge in [-0.15, -0.1) is 0 Å². The Morgan fingerprint density at radius 2 is 1.83 bits per heavy atom. The molecule has 1 amide bonds. The lowest BCUT2D eigenvalue weighted by Gasteiger charge is -2.31. The third-order valence-electron chi connectivity index (χ3n) is 6.04. The van der Waals surface area contributed by atoms with E-state index in [2.05, 4.69) is 24.2 Å². The Balaban J connectivity index is 1.67. The van der Waals surface area contributed by atoms with Gasteiger partial charge in [0.25, 0.3) is 5.91 Å². The molecule has 0 saturated carbocycles. The fraction of sp³-hybridized carbons (Fsp3) is 0.348. The summed E-state index contributed by atoms with van der Waals surface area (Å²) in [5.41, 5.74) is 3.62. The second kappa shape index (κ2) is 7.35. The standard InChI is InChI=1S/C23H24N2O4/c1-15-6-4-5-7-18(15)16-8-10-17(11-9-16)21(26)25-20-12-13-23(25,22(27)28-2)14-19(20)24-29-3/h4-11,20H,12-14H2,1-3H3. The van der Waals surface area contributed by atoms with E-state index in [1.54, 1.807) is 4.90 Å². The zero-order valence-electron chi connectivity index (χ0n) is 16.8. The molecule has 2 aromatic rings. The van der Waals surface area contributed by atoms with Crippen LogP contribution >= 0.6 is 0 Å². The van der Waals surface area contributed by atoms with Gasteiger partial charge in [-0.05, 0) is 48.6 Å². The van der Waals surface area contributed by atoms with Crippen molar-refractivity contribution >= 4 is 17.6 Å². The summed E-state index contributed by atoms with van der Waals surface area (Å²) >= 11 is 0. The number of carbonyl (C=O) groups excluding carboxylic acids is 2. The van der Waals surface area contributed by atoms with Crippen LogP contribution in [-0.4, -0.2) is 48.3 Å². The van der Waals surface area contributed by atoms with E-state index in [9.17, 15) is 9.59 Å². The maximum Gasteiger partial charge on any atom is 0.332 e. The fourth-order valence-corrected chi connectivity index (χ4v) is 4.67. The van der Waals surface area contributed by atoms with Crippen molar-refractivity contribution in [2.24, 2.45) is 5.16 Å². The van der Waals surface area contributed by atoms with Crippen molar-refractivity contribution in [3.8, 4) is 11.1 Å². The van der Waals surface area contributed by atoms with Crippen molar-refractivity contribution in [2.75, 3.05) is 14.2 Å². The number of hydrogen-bond acceptors (Lipinski definition) is 5. The molecule has 0 radical (unpaired) electrons. The van der Waals surface area contributed by atoms with Crippen LogP contribution in [0.5, 0.6) is 0 Å². The SMILES string of the molecule is CON=C1CC2(C(=O)OC)CCC1N2C(=O)c1ccc(-c2ccccc2C)cc1. The summed E-state index contributed by atoms with van der Waals surface area (Å²) in [5.74, 6) is -0.582. The number of rotatable bonds is 4. The molecule has 6 heteroatoms. The molecule has 29 heavy (non-hydrogen) atoms. The molecule has 0 aromatic heterocycles. The average Bonchev–Trinajstić information content (AvgIpc) is 3.27. The molecule has 2 aromatic carbocycles. The first kappa shape index (κ1) is 19.2. The smallest absolute Gasteiger partial charge is 0.332 e. The van der Waals surface area contributed by atoms with Gasteiger partial charge in [-0.25, -0.2) is 4.79 Å². The summed E-state index contributed by atoms with van der Waals surface area (Å²) in [6.07, 6.45) is 1.59. The molecule has 2 unspecified atom stereocenters. The van der Waals surface area contributed by atoms with Crippen molar-refractivity contribution < 1.29 is 19.2 Å². The molecule has 0 aliphatic carbocycles. The Morgan fingerprint density at radius 1 is 1.10 bits per heavy atom. The second-order valence-corrected chi connectivity index (χ2v) is 7.59. The monoisotopic (exact) mass is 392 g/mol. The lowest BCUT2D eigenvalue weighted by molar-refractivity contribution is -0.151. The summed E-state index contributed by atoms with van der Waals surface area (Å²) < 4.78 is 5.06. The highest BCUT2D eigenvalue weighted by molar-refractivity contribution is 6.09. The predicted octanol–water partition coefficient (Wildman–Crippen LogP) is 3.58. The third kappa shape index (κ3) is 2.99. The van der Waals surface area contributed by atoms with Gasteiger partial charge in [0.05, 0.1) is 18.9 Å². The van der Waals surface area contributed by atoms with E-state index < -0.39 is 11.5 Å². The first-order valence-corrected chi connectivity index (χ1v) is 9.70. The van der Waals surface area contributed by atoms with Crippen molar-refractivity contribution in [2.45, 2.75) is 37.8 Å². The number of oxime groups is 1. The molecule has 0 N–H and O–H groups in total. The van der Waals surface area contributed by atoms with E-state index in [4.69, 9.17) is 9.57 Å². The number of fused-ring (bicyclic) bond motifs is 2. The number of aryl methyl sites for hydroxylation is 1. The minimum Gasteiger partial charge on any atom is -0.467 e. The number of hydrogen-bond donors (Lipinski definition) is 0. The highest BCUT2D eigenvalue weighted by atomic mass is 16.6. The highest BCUT2D eigenvalue weighted by Crippen LogP contribution is 2.46. The van der Waals surface area contributed by atoms with E-state index >= 15 is 0 Å². The zero-order valence-corrected chi connectivity index (χ0v) is 16.8. The summed E-state index contributed by atoms with van der Waals surface area (Å²) in [4.78, 5) is 32.7. The summed E-state index contributed by atoms with van der Waals surface area (Å²) in [5, 5.41) is 4.07. The van der Waals surface area contributed by atoms with E-state index in [0.717, 1.165) is 11.1 Å². The van der Waals surface area contributed by atoms with Gasteiger partial charge in [-0.3, -0.25) is 4.79 Å². The molecule has 2 atom stereocenters. The molecule has 2 heterocycles. The predicted molar refractivity (Wildman–Crippen MR) is 110 cm³/mol. The molecule has 4 rings (SSSR count). The molecule has 0 spiro atoms. The van der Waals surface area contributed by atoms with Crippen LogP contribution in [0.15, 0.2) is 53.7 Å². The first-order valence-electron chi connectivity index (χ1n) is 9.70. The van der Waals surface area contributed by atoms with Crippen LogP contribution < -0.4 is 0 Å². The Bertz CT molecular complexity index is 983. The number of methoxy groups -OCH3 is 1. The van der Waals surface area contributed by atoms with Gasteiger partial charge >= 0.3 is 5.97 Å². The van der Waals surface area contributed by atoms with Crippen molar-refractivity contribution in [3.05, 3.63) is 59.7 Å². The maximum atomic E-state index is 13.4. The number of esters is 1. The summed E-state index contributed by atoms with van der Waals surface area (Å²) in [6.45, 7) is 2.06. The van der Waals surface area contributed by atoms with Crippen LogP contribution in [0.2, 0.25) is 0 Å². The van der Waals surface area contributed by atoms with E-state index in [1.165, 1.54) is 19.8 Å². The van der Waals surface area contributed by atoms with Crippen LogP contribution in [0, 0.1) is 6.92 Å². The lowest BCUT2D eigenvalue weighted by Crippen LogP contribution is -2.51. The minimum atomic E-state index is -0.997. The minimum absolute atomic E-state index is 0.185. The zero-order chi connectivity index (χ0) is 20.6. The third-order valence-corrected chi connectivity index (χ3v) is 6.04. The molecule has 150 valence electrons. The molecular formula is C23H24N2O4. The molecule has 2 fully saturated rings. The largest absolute Gasteiger partial charge is 0.467 e. The van der Waals surface area contributed by atoms with Gasteiger partial charge < -0.3 is 14.5 Å². The first-order chi connectivity index (χ1) is 14.0. The maximum absolute atomic E-state index is 13.4. The van der Waals surface area contributed by atoms with E-state index in [-0.39, 0.29) is 11.9 Å². The Kier molecular flexibility index (Phi) is 4.86. The number of carbonyl (C=O) groups is 2. The quantitative estimate of drug-likeness (QED) is 0.589. The summed E-state index contributed by atoms with van der Waals surface area (Å²) in [7, 11) is 2.83.